The summed E-state index contributed by atoms with van der Waals surface area (Å²) in [6, 6.07) is 5.71. The molecule has 29 heavy (non-hydrogen) atoms. The lowest BCUT2D eigenvalue weighted by atomic mass is 10.1. The van der Waals surface area contributed by atoms with Crippen molar-refractivity contribution in [3.8, 4) is 0 Å². The maximum absolute atomic E-state index is 14.3. The van der Waals surface area contributed by atoms with Crippen LogP contribution in [0.25, 0.3) is 11.0 Å². The topological polar surface area (TPSA) is 62.5 Å². The molecule has 2 bridgehead atoms. The van der Waals surface area contributed by atoms with E-state index in [2.05, 4.69) is 15.2 Å². The number of carbonyl (C=O) groups excluding carboxylic acids is 1. The van der Waals surface area contributed by atoms with Gasteiger partial charge in [-0.25, -0.2) is 14.2 Å². The molecule has 1 N–H and O–H groups in total. The molecule has 152 valence electrons. The summed E-state index contributed by atoms with van der Waals surface area (Å²) in [6.45, 7) is 4.74. The fraction of sp³-hybridized carbons (Fsp3) is 0.409. The standard InChI is InChI=1S/C22H26FN5O/c1-15-13-18(23)14-24-10-3-5-16(2)25-22(29)28-12-9-17-7-8-20(26-21(17)28)27-11-4-6-19(15)27/h7-10,12-14,16,19H,3-6,11H2,1-2H3,(H,25,29)/b15-13?,18-14+,24-10?. The quantitative estimate of drug-likeness (QED) is 0.711. The van der Waals surface area contributed by atoms with Crippen LogP contribution in [0, 0.1) is 0 Å². The summed E-state index contributed by atoms with van der Waals surface area (Å²) in [7, 11) is 0. The molecule has 2 aliphatic heterocycles. The molecule has 0 spiro atoms. The summed E-state index contributed by atoms with van der Waals surface area (Å²) in [5.41, 5.74) is 1.58. The number of hydrogen-bond donors (Lipinski definition) is 1. The molecule has 1 fully saturated rings. The summed E-state index contributed by atoms with van der Waals surface area (Å²) in [5, 5.41) is 3.92. The van der Waals surface area contributed by atoms with Crippen molar-refractivity contribution in [2.75, 3.05) is 11.4 Å². The maximum atomic E-state index is 14.3. The van der Waals surface area contributed by atoms with Crippen molar-refractivity contribution >= 4 is 29.1 Å². The van der Waals surface area contributed by atoms with Crippen LogP contribution < -0.4 is 10.2 Å². The van der Waals surface area contributed by atoms with Crippen LogP contribution in [0.3, 0.4) is 0 Å². The Morgan fingerprint density at radius 3 is 2.97 bits per heavy atom. The minimum Gasteiger partial charge on any atom is -0.350 e. The first kappa shape index (κ1) is 19.4. The molecule has 2 aromatic heterocycles. The number of hydrogen-bond acceptors (Lipinski definition) is 4. The number of nitrogens with one attached hydrogen (secondary N) is 1. The fourth-order valence-corrected chi connectivity index (χ4v) is 4.06. The SMILES string of the molecule is CC1=C/C(F)=C\N=CCCC(C)NC(=O)n2ccc3ccc(nc32)N2CCCC12. The van der Waals surface area contributed by atoms with Gasteiger partial charge < -0.3 is 10.2 Å². The van der Waals surface area contributed by atoms with Gasteiger partial charge in [-0.05, 0) is 69.4 Å². The van der Waals surface area contributed by atoms with Crippen LogP contribution >= 0.6 is 0 Å². The van der Waals surface area contributed by atoms with Crippen molar-refractivity contribution in [3.63, 3.8) is 0 Å². The second-order valence-corrected chi connectivity index (χ2v) is 7.78. The molecule has 7 heteroatoms. The highest BCUT2D eigenvalue weighted by atomic mass is 19.1. The predicted octanol–water partition coefficient (Wildman–Crippen LogP) is 4.57. The molecule has 2 atom stereocenters. The third-order valence-corrected chi connectivity index (χ3v) is 5.58. The van der Waals surface area contributed by atoms with Crippen LogP contribution in [0.5, 0.6) is 0 Å². The molecule has 0 aliphatic carbocycles. The Balaban J connectivity index is 1.77. The summed E-state index contributed by atoms with van der Waals surface area (Å²) < 4.78 is 15.9. The molecule has 0 radical (unpaired) electrons. The number of nitrogens with zero attached hydrogens (tertiary/aromatic N) is 4. The van der Waals surface area contributed by atoms with E-state index < -0.39 is 0 Å². The van der Waals surface area contributed by atoms with Gasteiger partial charge in [0.2, 0.25) is 0 Å². The lowest BCUT2D eigenvalue weighted by Crippen LogP contribution is -2.36. The first-order valence-corrected chi connectivity index (χ1v) is 10.1. The van der Waals surface area contributed by atoms with Gasteiger partial charge in [0.05, 0.1) is 12.2 Å². The van der Waals surface area contributed by atoms with E-state index in [0.29, 0.717) is 18.5 Å². The Morgan fingerprint density at radius 2 is 2.10 bits per heavy atom. The van der Waals surface area contributed by atoms with Gasteiger partial charge in [-0.2, -0.15) is 0 Å². The van der Waals surface area contributed by atoms with E-state index in [1.54, 1.807) is 23.1 Å². The summed E-state index contributed by atoms with van der Waals surface area (Å²) >= 11 is 0. The van der Waals surface area contributed by atoms with E-state index in [-0.39, 0.29) is 23.9 Å². The second kappa shape index (κ2) is 8.19. The van der Waals surface area contributed by atoms with Gasteiger partial charge in [-0.15, -0.1) is 0 Å². The molecule has 0 saturated carbocycles. The summed E-state index contributed by atoms with van der Waals surface area (Å²) in [5.74, 6) is 0.453. The van der Waals surface area contributed by atoms with Crippen LogP contribution in [0.4, 0.5) is 15.0 Å². The van der Waals surface area contributed by atoms with E-state index in [9.17, 15) is 9.18 Å². The van der Waals surface area contributed by atoms with Gasteiger partial charge in [0.15, 0.2) is 5.65 Å². The summed E-state index contributed by atoms with van der Waals surface area (Å²) in [6.07, 6.45) is 9.57. The average Bonchev–Trinajstić information content (AvgIpc) is 3.33. The highest BCUT2D eigenvalue weighted by molar-refractivity contribution is 5.90. The number of anilines is 1. The molecule has 2 aromatic rings. The zero-order valence-electron chi connectivity index (χ0n) is 16.8. The number of fused-ring (bicyclic) bond motifs is 3. The Hall–Kier alpha value is -2.96. The van der Waals surface area contributed by atoms with E-state index in [0.717, 1.165) is 36.2 Å². The third-order valence-electron chi connectivity index (χ3n) is 5.58. The predicted molar refractivity (Wildman–Crippen MR) is 114 cm³/mol. The van der Waals surface area contributed by atoms with E-state index in [1.165, 1.54) is 6.20 Å². The largest absolute Gasteiger partial charge is 0.350 e. The number of rotatable bonds is 0. The Bertz CT molecular complexity index is 1010. The number of allylic oxidation sites excluding steroid dienone is 2. The lowest BCUT2D eigenvalue weighted by molar-refractivity contribution is 0.239. The van der Waals surface area contributed by atoms with E-state index >= 15 is 0 Å². The van der Waals surface area contributed by atoms with E-state index in [1.807, 2.05) is 32.0 Å². The normalized spacial score (nSPS) is 25.3. The van der Waals surface area contributed by atoms with Crippen molar-refractivity contribution in [1.82, 2.24) is 14.9 Å². The molecule has 6 nitrogen and oxygen atoms in total. The molecule has 2 aliphatic rings. The molecular formula is C22H26FN5O. The van der Waals surface area contributed by atoms with Crippen LogP contribution in [-0.4, -0.2) is 40.4 Å². The minimum atomic E-state index is -0.353. The number of aromatic nitrogens is 2. The average molecular weight is 395 g/mol. The van der Waals surface area contributed by atoms with Crippen molar-refractivity contribution in [3.05, 3.63) is 48.1 Å². The molecular weight excluding hydrogens is 369 g/mol. The van der Waals surface area contributed by atoms with Gasteiger partial charge in [0, 0.05) is 30.4 Å². The second-order valence-electron chi connectivity index (χ2n) is 7.78. The van der Waals surface area contributed by atoms with Gasteiger partial charge in [0.25, 0.3) is 0 Å². The van der Waals surface area contributed by atoms with Gasteiger partial charge in [-0.1, -0.05) is 0 Å². The molecule has 1 saturated heterocycles. The highest BCUT2D eigenvalue weighted by Crippen LogP contribution is 2.30. The molecule has 4 rings (SSSR count). The number of aliphatic imine (C=N–C) groups is 1. The fourth-order valence-electron chi connectivity index (χ4n) is 4.06. The molecule has 4 heterocycles. The zero-order chi connectivity index (χ0) is 20.4. The van der Waals surface area contributed by atoms with Crippen molar-refractivity contribution in [2.24, 2.45) is 4.99 Å². The summed E-state index contributed by atoms with van der Waals surface area (Å²) in [4.78, 5) is 23.8. The first-order valence-electron chi connectivity index (χ1n) is 10.1. The lowest BCUT2D eigenvalue weighted by Gasteiger charge is -2.26. The van der Waals surface area contributed by atoms with Crippen LogP contribution in [0.15, 0.2) is 53.1 Å². The number of carbonyl (C=O) groups is 1. The van der Waals surface area contributed by atoms with Crippen LogP contribution in [0.2, 0.25) is 0 Å². The number of halogens is 1. The van der Waals surface area contributed by atoms with E-state index in [4.69, 9.17) is 4.98 Å². The minimum absolute atomic E-state index is 0.0378. The Labute approximate surface area is 169 Å². The molecule has 1 amide bonds. The zero-order valence-corrected chi connectivity index (χ0v) is 16.8. The van der Waals surface area contributed by atoms with Crippen molar-refractivity contribution < 1.29 is 9.18 Å². The first-order chi connectivity index (χ1) is 14.0. The molecule has 0 aromatic carbocycles. The van der Waals surface area contributed by atoms with Gasteiger partial charge in [-0.3, -0.25) is 9.56 Å². The number of amides is 1. The van der Waals surface area contributed by atoms with Crippen LogP contribution in [0.1, 0.15) is 39.5 Å². The van der Waals surface area contributed by atoms with Crippen molar-refractivity contribution in [2.45, 2.75) is 51.6 Å². The van der Waals surface area contributed by atoms with Crippen LogP contribution in [-0.2, 0) is 0 Å². The van der Waals surface area contributed by atoms with Gasteiger partial charge in [0.1, 0.15) is 11.6 Å². The Kier molecular flexibility index (Phi) is 5.47. The van der Waals surface area contributed by atoms with Crippen molar-refractivity contribution in [1.29, 1.82) is 0 Å². The molecule has 2 unspecified atom stereocenters. The third kappa shape index (κ3) is 4.09. The highest BCUT2D eigenvalue weighted by Gasteiger charge is 2.27. The Morgan fingerprint density at radius 1 is 1.24 bits per heavy atom. The number of pyridine rings is 1. The maximum Gasteiger partial charge on any atom is 0.327 e. The van der Waals surface area contributed by atoms with Gasteiger partial charge >= 0.3 is 6.03 Å². The monoisotopic (exact) mass is 395 g/mol. The smallest absolute Gasteiger partial charge is 0.327 e.